The number of aromatic amines is 1. The molecular formula is C24H29ClN6O. The van der Waals surface area contributed by atoms with Gasteiger partial charge in [-0.2, -0.15) is 0 Å². The summed E-state index contributed by atoms with van der Waals surface area (Å²) in [6.45, 7) is 6.42. The number of carbonyl (C=O) groups is 1. The summed E-state index contributed by atoms with van der Waals surface area (Å²) in [5.74, 6) is 0.942. The third-order valence-corrected chi connectivity index (χ3v) is 6.92. The highest BCUT2D eigenvalue weighted by Crippen LogP contribution is 2.36. The predicted octanol–water partition coefficient (Wildman–Crippen LogP) is 3.57. The van der Waals surface area contributed by atoms with Gasteiger partial charge in [0.1, 0.15) is 17.8 Å². The van der Waals surface area contributed by atoms with Crippen molar-refractivity contribution in [1.82, 2.24) is 25.2 Å². The summed E-state index contributed by atoms with van der Waals surface area (Å²) in [6.07, 6.45) is 5.57. The summed E-state index contributed by atoms with van der Waals surface area (Å²) in [6, 6.07) is 10.4. The number of fused-ring (bicyclic) bond motifs is 3. The highest BCUT2D eigenvalue weighted by Gasteiger charge is 2.45. The summed E-state index contributed by atoms with van der Waals surface area (Å²) < 4.78 is 0. The van der Waals surface area contributed by atoms with Gasteiger partial charge in [-0.3, -0.25) is 4.79 Å². The van der Waals surface area contributed by atoms with Gasteiger partial charge >= 0.3 is 0 Å². The van der Waals surface area contributed by atoms with Crippen LogP contribution in [0.25, 0.3) is 11.0 Å². The number of nitrogens with one attached hydrogen (secondary N) is 2. The Morgan fingerprint density at radius 2 is 1.88 bits per heavy atom. The molecular weight excluding hydrogens is 424 g/mol. The first-order chi connectivity index (χ1) is 15.5. The van der Waals surface area contributed by atoms with Gasteiger partial charge in [0.05, 0.1) is 11.3 Å². The monoisotopic (exact) mass is 452 g/mol. The molecule has 0 saturated carbocycles. The Balaban J connectivity index is 1.39. The number of amides is 1. The number of halogens is 1. The summed E-state index contributed by atoms with van der Waals surface area (Å²) in [7, 11) is 0. The van der Waals surface area contributed by atoms with Crippen LogP contribution in [-0.2, 0) is 4.79 Å². The maximum Gasteiger partial charge on any atom is 0.232 e. The molecule has 3 aromatic rings. The van der Waals surface area contributed by atoms with E-state index in [9.17, 15) is 4.79 Å². The molecule has 2 bridgehead atoms. The first kappa shape index (κ1) is 21.2. The van der Waals surface area contributed by atoms with Gasteiger partial charge < -0.3 is 20.1 Å². The van der Waals surface area contributed by atoms with Crippen LogP contribution in [0.2, 0.25) is 5.02 Å². The fraction of sp³-hybridized carbons (Fsp3) is 0.458. The molecule has 2 unspecified atom stereocenters. The topological polar surface area (TPSA) is 77.2 Å². The van der Waals surface area contributed by atoms with E-state index in [1.165, 1.54) is 0 Å². The summed E-state index contributed by atoms with van der Waals surface area (Å²) in [5, 5.41) is 5.19. The minimum absolute atomic E-state index is 0.194. The van der Waals surface area contributed by atoms with Crippen LogP contribution in [0, 0.1) is 0 Å². The zero-order valence-corrected chi connectivity index (χ0v) is 19.2. The van der Waals surface area contributed by atoms with Gasteiger partial charge in [-0.1, -0.05) is 37.6 Å². The van der Waals surface area contributed by atoms with Crippen LogP contribution in [0.5, 0.6) is 0 Å². The molecule has 7 nitrogen and oxygen atoms in total. The molecule has 2 aliphatic rings. The van der Waals surface area contributed by atoms with Gasteiger partial charge in [0.15, 0.2) is 0 Å². The van der Waals surface area contributed by atoms with Gasteiger partial charge in [0.25, 0.3) is 0 Å². The van der Waals surface area contributed by atoms with Crippen LogP contribution >= 0.6 is 11.6 Å². The zero-order valence-electron chi connectivity index (χ0n) is 18.5. The number of anilines is 1. The molecule has 3 atom stereocenters. The Bertz CT molecular complexity index is 1080. The van der Waals surface area contributed by atoms with E-state index in [4.69, 9.17) is 11.6 Å². The molecule has 0 radical (unpaired) electrons. The van der Waals surface area contributed by atoms with Crippen LogP contribution in [0.3, 0.4) is 0 Å². The van der Waals surface area contributed by atoms with Crippen molar-refractivity contribution in [3.63, 3.8) is 0 Å². The third kappa shape index (κ3) is 3.95. The molecule has 168 valence electrons. The maximum absolute atomic E-state index is 13.9. The first-order valence-corrected chi connectivity index (χ1v) is 11.7. The number of hydrogen-bond acceptors (Lipinski definition) is 5. The second-order valence-electron chi connectivity index (χ2n) is 9.14. The molecule has 2 aromatic heterocycles. The Morgan fingerprint density at radius 1 is 1.16 bits per heavy atom. The fourth-order valence-electron chi connectivity index (χ4n) is 5.12. The highest BCUT2D eigenvalue weighted by molar-refractivity contribution is 6.30. The lowest BCUT2D eigenvalue weighted by atomic mass is 9.95. The molecule has 4 heterocycles. The van der Waals surface area contributed by atoms with Gasteiger partial charge in [-0.15, -0.1) is 0 Å². The lowest BCUT2D eigenvalue weighted by molar-refractivity contribution is -0.136. The van der Waals surface area contributed by atoms with Gasteiger partial charge in [-0.25, -0.2) is 9.97 Å². The minimum Gasteiger partial charge on any atom is -0.352 e. The molecule has 2 fully saturated rings. The highest BCUT2D eigenvalue weighted by atomic mass is 35.5. The number of benzene rings is 1. The zero-order chi connectivity index (χ0) is 22.2. The predicted molar refractivity (Wildman–Crippen MR) is 127 cm³/mol. The van der Waals surface area contributed by atoms with E-state index in [1.54, 1.807) is 6.33 Å². The smallest absolute Gasteiger partial charge is 0.232 e. The number of rotatable bonds is 6. The number of piperazine rings is 1. The fourth-order valence-corrected chi connectivity index (χ4v) is 5.25. The number of nitrogens with zero attached hydrogens (tertiary/aromatic N) is 4. The average Bonchev–Trinajstić information content (AvgIpc) is 3.36. The van der Waals surface area contributed by atoms with Crippen LogP contribution in [0.4, 0.5) is 5.82 Å². The number of carbonyl (C=O) groups excluding carboxylic acids is 1. The number of aromatic nitrogens is 3. The van der Waals surface area contributed by atoms with E-state index in [0.29, 0.717) is 17.6 Å². The van der Waals surface area contributed by atoms with Crippen molar-refractivity contribution in [1.29, 1.82) is 0 Å². The molecule has 2 saturated heterocycles. The molecule has 0 aliphatic carbocycles. The summed E-state index contributed by atoms with van der Waals surface area (Å²) in [5.41, 5.74) is 1.86. The van der Waals surface area contributed by atoms with E-state index >= 15 is 0 Å². The third-order valence-electron chi connectivity index (χ3n) is 6.67. The molecule has 5 rings (SSSR count). The molecule has 2 N–H and O–H groups in total. The summed E-state index contributed by atoms with van der Waals surface area (Å²) in [4.78, 5) is 30.4. The van der Waals surface area contributed by atoms with E-state index in [-0.39, 0.29) is 23.9 Å². The van der Waals surface area contributed by atoms with Crippen LogP contribution < -0.4 is 10.2 Å². The van der Waals surface area contributed by atoms with E-state index in [2.05, 4.69) is 43.9 Å². The summed E-state index contributed by atoms with van der Waals surface area (Å²) >= 11 is 6.11. The van der Waals surface area contributed by atoms with Crippen molar-refractivity contribution < 1.29 is 4.79 Å². The van der Waals surface area contributed by atoms with E-state index in [1.807, 2.05) is 36.5 Å². The second kappa shape index (κ2) is 8.71. The molecule has 8 heteroatoms. The normalized spacial score (nSPS) is 21.5. The molecule has 1 amide bonds. The lowest BCUT2D eigenvalue weighted by Gasteiger charge is -2.43. The number of H-pyrrole nitrogens is 1. The van der Waals surface area contributed by atoms with Crippen molar-refractivity contribution >= 4 is 34.4 Å². The lowest BCUT2D eigenvalue weighted by Crippen LogP contribution is -2.57. The van der Waals surface area contributed by atoms with Crippen LogP contribution in [-0.4, -0.2) is 63.5 Å². The van der Waals surface area contributed by atoms with E-state index < -0.39 is 0 Å². The van der Waals surface area contributed by atoms with Crippen molar-refractivity contribution in [2.24, 2.45) is 0 Å². The van der Waals surface area contributed by atoms with Gasteiger partial charge in [0, 0.05) is 49.0 Å². The van der Waals surface area contributed by atoms with Crippen molar-refractivity contribution in [3.8, 4) is 0 Å². The van der Waals surface area contributed by atoms with E-state index in [0.717, 1.165) is 48.3 Å². The molecule has 2 aliphatic heterocycles. The van der Waals surface area contributed by atoms with Crippen LogP contribution in [0.1, 0.15) is 38.2 Å². The second-order valence-corrected chi connectivity index (χ2v) is 9.58. The number of hydrogen-bond donors (Lipinski definition) is 2. The average molecular weight is 453 g/mol. The van der Waals surface area contributed by atoms with Crippen molar-refractivity contribution in [2.75, 3.05) is 24.5 Å². The first-order valence-electron chi connectivity index (χ1n) is 11.4. The Hall–Kier alpha value is -2.64. The van der Waals surface area contributed by atoms with Crippen molar-refractivity contribution in [2.45, 2.75) is 50.7 Å². The standard InChI is InChI=1S/C24H29ClN6O/c1-15(2)27-11-21(16-3-5-17(25)6-4-16)24(32)31-18-7-8-19(31)13-30(12-18)23-20-9-10-26-22(20)28-14-29-23/h3-6,9-10,14-15,18-19,21,27H,7-8,11-13H2,1-2H3,(H,26,28,29)/t18?,19?,21-/m1/s1. The maximum atomic E-state index is 13.9. The Labute approximate surface area is 193 Å². The SMILES string of the molecule is CC(C)NC[C@@H](C(=O)N1C2CCC1CN(c1ncnc3[nH]ccc13)C2)c1ccc(Cl)cc1. The molecule has 1 aromatic carbocycles. The Kier molecular flexibility index (Phi) is 5.78. The van der Waals surface area contributed by atoms with Gasteiger partial charge in [-0.05, 0) is 36.6 Å². The molecule has 32 heavy (non-hydrogen) atoms. The van der Waals surface area contributed by atoms with Crippen LogP contribution in [0.15, 0.2) is 42.9 Å². The van der Waals surface area contributed by atoms with Crippen molar-refractivity contribution in [3.05, 3.63) is 53.4 Å². The van der Waals surface area contributed by atoms with Gasteiger partial charge in [0.2, 0.25) is 5.91 Å². The molecule has 0 spiro atoms. The largest absolute Gasteiger partial charge is 0.352 e. The Morgan fingerprint density at radius 3 is 2.56 bits per heavy atom. The minimum atomic E-state index is -0.222. The quantitative estimate of drug-likeness (QED) is 0.597.